The molecule has 0 aliphatic carbocycles. The van der Waals surface area contributed by atoms with Gasteiger partial charge in [0.2, 0.25) is 0 Å². The zero-order valence-corrected chi connectivity index (χ0v) is 12.2. The van der Waals surface area contributed by atoms with Gasteiger partial charge in [0.1, 0.15) is 0 Å². The summed E-state index contributed by atoms with van der Waals surface area (Å²) in [5.41, 5.74) is 1.64. The molecule has 3 nitrogen and oxygen atoms in total. The Morgan fingerprint density at radius 2 is 1.89 bits per heavy atom. The largest absolute Gasteiger partial charge is 0.368 e. The second kappa shape index (κ2) is 8.58. The summed E-state index contributed by atoms with van der Waals surface area (Å²) in [6.07, 6.45) is 4.00. The molecule has 102 valence electrons. The number of benzene rings is 1. The Hall–Kier alpha value is -1.50. The summed E-state index contributed by atoms with van der Waals surface area (Å²) in [5, 5.41) is 12.7. The highest BCUT2D eigenvalue weighted by molar-refractivity contribution is 6.33. The monoisotopic (exact) mass is 277 g/mol. The molecule has 2 rings (SSSR count). The van der Waals surface area contributed by atoms with Gasteiger partial charge in [0, 0.05) is 26.2 Å². The van der Waals surface area contributed by atoms with E-state index >= 15 is 0 Å². The van der Waals surface area contributed by atoms with E-state index in [1.807, 2.05) is 38.1 Å². The number of nitrogens with zero attached hydrogens (tertiary/aromatic N) is 2. The van der Waals surface area contributed by atoms with E-state index in [2.05, 4.69) is 16.3 Å². The average molecular weight is 278 g/mol. The van der Waals surface area contributed by atoms with Gasteiger partial charge < -0.3 is 10.2 Å². The number of nitriles is 1. The summed E-state index contributed by atoms with van der Waals surface area (Å²) in [5.74, 6) is 0. The summed E-state index contributed by atoms with van der Waals surface area (Å²) in [6, 6.07) is 7.54. The number of rotatable bonds is 1. The summed E-state index contributed by atoms with van der Waals surface area (Å²) >= 11 is 6.13. The van der Waals surface area contributed by atoms with Crippen LogP contribution in [0, 0.1) is 11.3 Å². The molecule has 0 spiro atoms. The average Bonchev–Trinajstić information content (AvgIpc) is 2.48. The van der Waals surface area contributed by atoms with Crippen LogP contribution >= 0.6 is 11.6 Å². The van der Waals surface area contributed by atoms with Gasteiger partial charge in [-0.1, -0.05) is 23.8 Å². The lowest BCUT2D eigenvalue weighted by atomic mass is 10.2. The van der Waals surface area contributed by atoms with Crippen molar-refractivity contribution in [2.24, 2.45) is 0 Å². The summed E-state index contributed by atoms with van der Waals surface area (Å²) in [7, 11) is 0. The molecule has 0 saturated carbocycles. The van der Waals surface area contributed by atoms with E-state index in [1.165, 1.54) is 0 Å². The first-order valence-corrected chi connectivity index (χ1v) is 6.83. The first kappa shape index (κ1) is 15.6. The third-order valence-electron chi connectivity index (χ3n) is 2.87. The Balaban J connectivity index is 0.000000399. The van der Waals surface area contributed by atoms with Crippen molar-refractivity contribution < 1.29 is 0 Å². The Morgan fingerprint density at radius 1 is 1.26 bits per heavy atom. The maximum absolute atomic E-state index is 8.73. The van der Waals surface area contributed by atoms with Crippen molar-refractivity contribution in [3.8, 4) is 6.07 Å². The summed E-state index contributed by atoms with van der Waals surface area (Å²) in [6.45, 7) is 7.89. The van der Waals surface area contributed by atoms with Gasteiger partial charge in [-0.15, -0.1) is 0 Å². The Bertz CT molecular complexity index is 453. The molecule has 1 aromatic carbocycles. The number of hydrogen-bond acceptors (Lipinski definition) is 3. The lowest BCUT2D eigenvalue weighted by Gasteiger charge is -2.30. The van der Waals surface area contributed by atoms with Gasteiger partial charge in [0.25, 0.3) is 0 Å². The zero-order valence-electron chi connectivity index (χ0n) is 11.5. The van der Waals surface area contributed by atoms with Gasteiger partial charge >= 0.3 is 0 Å². The molecule has 4 heteroatoms. The van der Waals surface area contributed by atoms with E-state index in [4.69, 9.17) is 16.9 Å². The molecule has 19 heavy (non-hydrogen) atoms. The van der Waals surface area contributed by atoms with Crippen molar-refractivity contribution in [1.82, 2.24) is 5.32 Å². The molecule has 0 atom stereocenters. The second-order valence-corrected chi connectivity index (χ2v) is 4.59. The quantitative estimate of drug-likeness (QED) is 0.801. The molecule has 0 radical (unpaired) electrons. The maximum Gasteiger partial charge on any atom is 0.0992 e. The van der Waals surface area contributed by atoms with Crippen molar-refractivity contribution in [2.75, 3.05) is 31.1 Å². The van der Waals surface area contributed by atoms with Crippen LogP contribution in [0.4, 0.5) is 5.69 Å². The van der Waals surface area contributed by atoms with E-state index in [0.29, 0.717) is 10.6 Å². The normalized spacial score (nSPS) is 14.7. The van der Waals surface area contributed by atoms with Gasteiger partial charge in [-0.3, -0.25) is 0 Å². The first-order chi connectivity index (χ1) is 9.22. The lowest BCUT2D eigenvalue weighted by Crippen LogP contribution is -2.43. The molecule has 0 amide bonds. The first-order valence-electron chi connectivity index (χ1n) is 6.45. The van der Waals surface area contributed by atoms with E-state index in [0.717, 1.165) is 31.9 Å². The highest BCUT2D eigenvalue weighted by Gasteiger charge is 2.13. The van der Waals surface area contributed by atoms with Gasteiger partial charge in [-0.25, -0.2) is 0 Å². The number of anilines is 1. The topological polar surface area (TPSA) is 39.1 Å². The van der Waals surface area contributed by atoms with Crippen molar-refractivity contribution in [2.45, 2.75) is 13.8 Å². The molecule has 1 aromatic rings. The van der Waals surface area contributed by atoms with E-state index in [1.54, 1.807) is 6.07 Å². The molecule has 1 aliphatic heterocycles. The number of piperazine rings is 1. The van der Waals surface area contributed by atoms with Crippen molar-refractivity contribution >= 4 is 17.3 Å². The predicted octanol–water partition coefficient (Wildman–Crippen LogP) is 3.20. The lowest BCUT2D eigenvalue weighted by molar-refractivity contribution is 0.589. The molecule has 1 saturated heterocycles. The van der Waals surface area contributed by atoms with E-state index in [-0.39, 0.29) is 0 Å². The van der Waals surface area contributed by atoms with Crippen LogP contribution in [0.25, 0.3) is 0 Å². The summed E-state index contributed by atoms with van der Waals surface area (Å²) < 4.78 is 0. The fraction of sp³-hybridized carbons (Fsp3) is 0.400. The van der Waals surface area contributed by atoms with Gasteiger partial charge in [-0.05, 0) is 32.0 Å². The minimum absolute atomic E-state index is 0.610. The molecule has 1 heterocycles. The van der Waals surface area contributed by atoms with Crippen LogP contribution in [0.15, 0.2) is 30.4 Å². The number of nitrogens with one attached hydrogen (secondary N) is 1. The third-order valence-corrected chi connectivity index (χ3v) is 3.17. The highest BCUT2D eigenvalue weighted by atomic mass is 35.5. The molecule has 0 aromatic heterocycles. The van der Waals surface area contributed by atoms with E-state index in [9.17, 15) is 0 Å². The third kappa shape index (κ3) is 4.94. The number of halogens is 1. The minimum Gasteiger partial charge on any atom is -0.368 e. The Labute approximate surface area is 120 Å². The van der Waals surface area contributed by atoms with Crippen LogP contribution in [0.5, 0.6) is 0 Å². The number of allylic oxidation sites excluding steroid dienone is 2. The molecule has 1 N–H and O–H groups in total. The predicted molar refractivity (Wildman–Crippen MR) is 81.7 cm³/mol. The number of hydrogen-bond donors (Lipinski definition) is 1. The molecule has 0 unspecified atom stereocenters. The van der Waals surface area contributed by atoms with Crippen LogP contribution in [-0.4, -0.2) is 26.2 Å². The second-order valence-electron chi connectivity index (χ2n) is 4.18. The zero-order chi connectivity index (χ0) is 14.1. The van der Waals surface area contributed by atoms with Crippen LogP contribution < -0.4 is 10.2 Å². The fourth-order valence-electron chi connectivity index (χ4n) is 1.74. The van der Waals surface area contributed by atoms with Gasteiger partial charge in [0.05, 0.1) is 22.3 Å². The Kier molecular flexibility index (Phi) is 7.02. The van der Waals surface area contributed by atoms with Gasteiger partial charge in [0.15, 0.2) is 0 Å². The van der Waals surface area contributed by atoms with Crippen molar-refractivity contribution in [3.63, 3.8) is 0 Å². The smallest absolute Gasteiger partial charge is 0.0992 e. The van der Waals surface area contributed by atoms with Crippen LogP contribution in [0.2, 0.25) is 5.02 Å². The SMILES string of the molecule is C/C=C\C.N#Cc1ccc(N2CCNCC2)c(Cl)c1. The van der Waals surface area contributed by atoms with Crippen LogP contribution in [-0.2, 0) is 0 Å². The standard InChI is InChI=1S/C11H12ClN3.C4H8/c12-10-7-9(8-13)1-2-11(10)15-5-3-14-4-6-15;1-3-4-2/h1-2,7,14H,3-6H2;3-4H,1-2H3/b;4-3-. The van der Waals surface area contributed by atoms with Crippen LogP contribution in [0.3, 0.4) is 0 Å². The fourth-order valence-corrected chi connectivity index (χ4v) is 2.04. The molecule has 1 aliphatic rings. The minimum atomic E-state index is 0.610. The molecular weight excluding hydrogens is 258 g/mol. The molecule has 1 fully saturated rings. The molecular formula is C15H20ClN3. The van der Waals surface area contributed by atoms with Crippen molar-refractivity contribution in [1.29, 1.82) is 5.26 Å². The van der Waals surface area contributed by atoms with E-state index < -0.39 is 0 Å². The highest BCUT2D eigenvalue weighted by Crippen LogP contribution is 2.26. The van der Waals surface area contributed by atoms with Gasteiger partial charge in [-0.2, -0.15) is 5.26 Å². The summed E-state index contributed by atoms with van der Waals surface area (Å²) in [4.78, 5) is 2.24. The maximum atomic E-state index is 8.73. The molecule has 0 bridgehead atoms. The Morgan fingerprint density at radius 3 is 2.37 bits per heavy atom. The van der Waals surface area contributed by atoms with Crippen LogP contribution in [0.1, 0.15) is 19.4 Å². The van der Waals surface area contributed by atoms with Crippen molar-refractivity contribution in [3.05, 3.63) is 40.9 Å².